The minimum absolute atomic E-state index is 0.000983. The van der Waals surface area contributed by atoms with Crippen molar-refractivity contribution in [3.05, 3.63) is 48.9 Å². The largest absolute Gasteiger partial charge is 0.411 e. The molecule has 0 aliphatic heterocycles. The normalized spacial score (nSPS) is 10.3. The molecule has 8 nitrogen and oxygen atoms in total. The van der Waals surface area contributed by atoms with Crippen LogP contribution in [-0.2, 0) is 0 Å². The number of nitrogens with one attached hydrogen (secondary N) is 1. The van der Waals surface area contributed by atoms with Gasteiger partial charge in [-0.3, -0.25) is 10.1 Å². The molecule has 1 amide bonds. The van der Waals surface area contributed by atoms with Gasteiger partial charge in [-0.2, -0.15) is 0 Å². The van der Waals surface area contributed by atoms with Gasteiger partial charge in [0.25, 0.3) is 5.91 Å². The van der Waals surface area contributed by atoms with Crippen LogP contribution in [0.5, 0.6) is 0 Å². The van der Waals surface area contributed by atoms with Gasteiger partial charge in [0.05, 0.1) is 5.69 Å². The SMILES string of the molecule is O=C(Nc1nnco1)c1ncn(-c2ccccc2)n1. The summed E-state index contributed by atoms with van der Waals surface area (Å²) in [4.78, 5) is 15.7. The van der Waals surface area contributed by atoms with E-state index in [2.05, 4.69) is 25.6 Å². The molecule has 0 unspecified atom stereocenters. The van der Waals surface area contributed by atoms with Gasteiger partial charge in [0.2, 0.25) is 12.2 Å². The molecule has 0 bridgehead atoms. The lowest BCUT2D eigenvalue weighted by Crippen LogP contribution is -2.14. The number of hydrogen-bond acceptors (Lipinski definition) is 6. The Balaban J connectivity index is 1.80. The van der Waals surface area contributed by atoms with Crippen molar-refractivity contribution in [3.8, 4) is 5.69 Å². The Morgan fingerprint density at radius 1 is 1.26 bits per heavy atom. The molecule has 2 aromatic heterocycles. The molecule has 0 aliphatic carbocycles. The summed E-state index contributed by atoms with van der Waals surface area (Å²) in [6.45, 7) is 0. The third-order valence-electron chi connectivity index (χ3n) is 2.30. The lowest BCUT2D eigenvalue weighted by molar-refractivity contribution is 0.101. The van der Waals surface area contributed by atoms with E-state index < -0.39 is 5.91 Å². The number of carbonyl (C=O) groups excluding carboxylic acids is 1. The second kappa shape index (κ2) is 4.69. The van der Waals surface area contributed by atoms with E-state index in [4.69, 9.17) is 4.42 Å². The minimum atomic E-state index is -0.515. The van der Waals surface area contributed by atoms with Crippen molar-refractivity contribution in [1.29, 1.82) is 0 Å². The van der Waals surface area contributed by atoms with Crippen LogP contribution >= 0.6 is 0 Å². The first kappa shape index (κ1) is 11.1. The number of rotatable bonds is 3. The Labute approximate surface area is 107 Å². The summed E-state index contributed by atoms with van der Waals surface area (Å²) in [5.41, 5.74) is 0.812. The van der Waals surface area contributed by atoms with E-state index in [0.717, 1.165) is 12.1 Å². The molecular formula is C11H8N6O2. The van der Waals surface area contributed by atoms with E-state index in [9.17, 15) is 4.79 Å². The van der Waals surface area contributed by atoms with Crippen LogP contribution in [0.2, 0.25) is 0 Å². The molecular weight excluding hydrogens is 248 g/mol. The van der Waals surface area contributed by atoms with Crippen LogP contribution in [-0.4, -0.2) is 30.9 Å². The predicted molar refractivity (Wildman–Crippen MR) is 63.6 cm³/mol. The van der Waals surface area contributed by atoms with Crippen molar-refractivity contribution in [3.63, 3.8) is 0 Å². The second-order valence-corrected chi connectivity index (χ2v) is 3.55. The first-order chi connectivity index (χ1) is 9.33. The Kier molecular flexibility index (Phi) is 2.73. The van der Waals surface area contributed by atoms with Gasteiger partial charge < -0.3 is 4.42 Å². The highest BCUT2D eigenvalue weighted by atomic mass is 16.4. The van der Waals surface area contributed by atoms with Crippen molar-refractivity contribution in [2.75, 3.05) is 5.32 Å². The fourth-order valence-corrected chi connectivity index (χ4v) is 1.45. The van der Waals surface area contributed by atoms with Gasteiger partial charge in [-0.05, 0) is 12.1 Å². The topological polar surface area (TPSA) is 98.7 Å². The Morgan fingerprint density at radius 2 is 2.11 bits per heavy atom. The van der Waals surface area contributed by atoms with E-state index >= 15 is 0 Å². The first-order valence-corrected chi connectivity index (χ1v) is 5.37. The number of hydrogen-bond donors (Lipinski definition) is 1. The van der Waals surface area contributed by atoms with Crippen molar-refractivity contribution in [2.24, 2.45) is 0 Å². The molecule has 8 heteroatoms. The van der Waals surface area contributed by atoms with Gasteiger partial charge in [-0.15, -0.1) is 10.2 Å². The number of aromatic nitrogens is 5. The molecule has 0 saturated carbocycles. The number of benzene rings is 1. The van der Waals surface area contributed by atoms with E-state index in [1.807, 2.05) is 30.3 Å². The second-order valence-electron chi connectivity index (χ2n) is 3.55. The van der Waals surface area contributed by atoms with Gasteiger partial charge >= 0.3 is 6.01 Å². The number of carbonyl (C=O) groups is 1. The fraction of sp³-hybridized carbons (Fsp3) is 0. The highest BCUT2D eigenvalue weighted by molar-refractivity contribution is 6.00. The van der Waals surface area contributed by atoms with Crippen LogP contribution in [0.3, 0.4) is 0 Å². The Morgan fingerprint density at radius 3 is 2.84 bits per heavy atom. The van der Waals surface area contributed by atoms with Gasteiger partial charge in [0.15, 0.2) is 0 Å². The average molecular weight is 256 g/mol. The van der Waals surface area contributed by atoms with Crippen LogP contribution in [0.1, 0.15) is 10.6 Å². The summed E-state index contributed by atoms with van der Waals surface area (Å²) in [6.07, 6.45) is 2.57. The highest BCUT2D eigenvalue weighted by Crippen LogP contribution is 2.06. The predicted octanol–water partition coefficient (Wildman–Crippen LogP) is 0.903. The maximum Gasteiger partial charge on any atom is 0.322 e. The van der Waals surface area contributed by atoms with Crippen LogP contribution in [0, 0.1) is 0 Å². The summed E-state index contributed by atoms with van der Waals surface area (Å²) in [5.74, 6) is -0.499. The summed E-state index contributed by atoms with van der Waals surface area (Å²) in [5, 5.41) is 13.4. The van der Waals surface area contributed by atoms with Gasteiger partial charge in [-0.1, -0.05) is 23.3 Å². The number of para-hydroxylation sites is 1. The number of nitrogens with zero attached hydrogens (tertiary/aromatic N) is 5. The standard InChI is InChI=1S/C11H8N6O2/c18-10(14-11-15-13-7-19-11)9-12-6-17(16-9)8-4-2-1-3-5-8/h1-7H,(H,14,15,18). The molecule has 1 N–H and O–H groups in total. The van der Waals surface area contributed by atoms with Gasteiger partial charge in [0.1, 0.15) is 6.33 Å². The van der Waals surface area contributed by atoms with Crippen molar-refractivity contribution >= 4 is 11.9 Å². The Bertz CT molecular complexity index is 676. The van der Waals surface area contributed by atoms with Crippen LogP contribution in [0.25, 0.3) is 5.69 Å². The quantitative estimate of drug-likeness (QED) is 0.747. The lowest BCUT2D eigenvalue weighted by Gasteiger charge is -1.98. The summed E-state index contributed by atoms with van der Waals surface area (Å²) in [6, 6.07) is 9.34. The molecule has 0 saturated heterocycles. The molecule has 94 valence electrons. The van der Waals surface area contributed by atoms with Crippen molar-refractivity contribution in [1.82, 2.24) is 25.0 Å². The van der Waals surface area contributed by atoms with Crippen LogP contribution in [0.4, 0.5) is 6.01 Å². The monoisotopic (exact) mass is 256 g/mol. The third-order valence-corrected chi connectivity index (χ3v) is 2.30. The van der Waals surface area contributed by atoms with E-state index in [1.165, 1.54) is 11.0 Å². The maximum absolute atomic E-state index is 11.8. The first-order valence-electron chi connectivity index (χ1n) is 5.37. The molecule has 3 rings (SSSR count). The molecule has 0 fully saturated rings. The van der Waals surface area contributed by atoms with E-state index in [1.54, 1.807) is 0 Å². The molecule has 19 heavy (non-hydrogen) atoms. The molecule has 0 spiro atoms. The van der Waals surface area contributed by atoms with Crippen LogP contribution < -0.4 is 5.32 Å². The van der Waals surface area contributed by atoms with Gasteiger partial charge in [0, 0.05) is 0 Å². The summed E-state index contributed by atoms with van der Waals surface area (Å²) >= 11 is 0. The molecule has 0 atom stereocenters. The molecule has 1 aromatic carbocycles. The van der Waals surface area contributed by atoms with Gasteiger partial charge in [-0.25, -0.2) is 9.67 Å². The summed E-state index contributed by atoms with van der Waals surface area (Å²) in [7, 11) is 0. The third kappa shape index (κ3) is 2.32. The zero-order valence-corrected chi connectivity index (χ0v) is 9.59. The zero-order valence-electron chi connectivity index (χ0n) is 9.59. The number of anilines is 1. The average Bonchev–Trinajstić information content (AvgIpc) is 3.10. The zero-order chi connectivity index (χ0) is 13.1. The van der Waals surface area contributed by atoms with Crippen molar-refractivity contribution < 1.29 is 9.21 Å². The lowest BCUT2D eigenvalue weighted by atomic mass is 10.3. The molecule has 0 radical (unpaired) electrons. The summed E-state index contributed by atoms with van der Waals surface area (Å²) < 4.78 is 6.30. The van der Waals surface area contributed by atoms with Crippen molar-refractivity contribution in [2.45, 2.75) is 0 Å². The molecule has 2 heterocycles. The smallest absolute Gasteiger partial charge is 0.322 e. The van der Waals surface area contributed by atoms with E-state index in [0.29, 0.717) is 0 Å². The maximum atomic E-state index is 11.8. The molecule has 3 aromatic rings. The number of amides is 1. The van der Waals surface area contributed by atoms with E-state index in [-0.39, 0.29) is 11.8 Å². The fourth-order valence-electron chi connectivity index (χ4n) is 1.45. The van der Waals surface area contributed by atoms with Crippen LogP contribution in [0.15, 0.2) is 47.5 Å². The Hall–Kier alpha value is -3.03. The minimum Gasteiger partial charge on any atom is -0.411 e. The molecule has 0 aliphatic rings. The highest BCUT2D eigenvalue weighted by Gasteiger charge is 2.14.